The highest BCUT2D eigenvalue weighted by atomic mass is 32.1. The van der Waals surface area contributed by atoms with E-state index in [4.69, 9.17) is 0 Å². The smallest absolute Gasteiger partial charge is 0.230 e. The van der Waals surface area contributed by atoms with Crippen LogP contribution in [0.3, 0.4) is 0 Å². The van der Waals surface area contributed by atoms with E-state index in [1.165, 1.54) is 11.3 Å². The van der Waals surface area contributed by atoms with Gasteiger partial charge < -0.3 is 15.2 Å². The summed E-state index contributed by atoms with van der Waals surface area (Å²) in [4.78, 5) is 28.3. The molecule has 1 heterocycles. The number of aromatic nitrogens is 1. The van der Waals surface area contributed by atoms with Gasteiger partial charge in [-0.15, -0.1) is 11.3 Å². The number of fused-ring (bicyclic) bond motifs is 2. The fourth-order valence-corrected chi connectivity index (χ4v) is 4.31. The van der Waals surface area contributed by atoms with Gasteiger partial charge in [-0.2, -0.15) is 0 Å². The highest BCUT2D eigenvalue weighted by molar-refractivity contribution is 7.13. The van der Waals surface area contributed by atoms with Crippen LogP contribution in [0.1, 0.15) is 32.9 Å². The molecular formula is C16H19N2O3S-. The number of rotatable bonds is 3. The summed E-state index contributed by atoms with van der Waals surface area (Å²) in [6.07, 6.45) is 4.58. The van der Waals surface area contributed by atoms with Crippen molar-refractivity contribution in [2.24, 2.45) is 23.7 Å². The van der Waals surface area contributed by atoms with Gasteiger partial charge in [0.25, 0.3) is 0 Å². The molecule has 1 amide bonds. The molecule has 0 spiro atoms. The van der Waals surface area contributed by atoms with Gasteiger partial charge in [0, 0.05) is 22.7 Å². The van der Waals surface area contributed by atoms with Crippen molar-refractivity contribution >= 4 is 28.3 Å². The molecule has 0 unspecified atom stereocenters. The first-order chi connectivity index (χ1) is 10.3. The van der Waals surface area contributed by atoms with E-state index >= 15 is 0 Å². The zero-order chi connectivity index (χ0) is 16.1. The minimum Gasteiger partial charge on any atom is -0.550 e. The topological polar surface area (TPSA) is 82.1 Å². The Hall–Kier alpha value is -1.69. The quantitative estimate of drug-likeness (QED) is 0.857. The van der Waals surface area contributed by atoms with E-state index in [0.29, 0.717) is 5.13 Å². The number of nitrogens with one attached hydrogen (secondary N) is 1. The molecular weight excluding hydrogens is 300 g/mol. The lowest BCUT2D eigenvalue weighted by molar-refractivity contribution is -0.313. The molecule has 4 atom stereocenters. The number of carboxylic acid groups (broad SMARTS) is 1. The number of aliphatic carboxylic acids is 1. The molecule has 1 aromatic rings. The number of carboxylic acids is 1. The molecule has 22 heavy (non-hydrogen) atoms. The van der Waals surface area contributed by atoms with E-state index in [2.05, 4.69) is 31.1 Å². The van der Waals surface area contributed by atoms with Crippen LogP contribution < -0.4 is 10.4 Å². The van der Waals surface area contributed by atoms with Gasteiger partial charge in [-0.3, -0.25) is 4.79 Å². The van der Waals surface area contributed by atoms with Crippen molar-refractivity contribution in [2.75, 3.05) is 5.32 Å². The zero-order valence-electron chi connectivity index (χ0n) is 12.8. The number of carbonyl (C=O) groups excluding carboxylic acids is 2. The number of allylic oxidation sites excluding steroid dienone is 2. The van der Waals surface area contributed by atoms with E-state index in [1.807, 2.05) is 17.5 Å². The SMILES string of the molecule is CC(C)(C)c1csc(NC(=O)[C@H]2[C@@H](C(=O)[O-])[C@H]3C=C[C@@H]2C3)n1. The normalized spacial score (nSPS) is 29.8. The lowest BCUT2D eigenvalue weighted by Gasteiger charge is -2.27. The molecule has 1 aromatic heterocycles. The predicted octanol–water partition coefficient (Wildman–Crippen LogP) is 1.57. The molecule has 1 saturated carbocycles. The van der Waals surface area contributed by atoms with Crippen molar-refractivity contribution < 1.29 is 14.7 Å². The summed E-state index contributed by atoms with van der Waals surface area (Å²) in [7, 11) is 0. The third-order valence-electron chi connectivity index (χ3n) is 4.54. The maximum atomic E-state index is 12.5. The fourth-order valence-electron chi connectivity index (χ4n) is 3.37. The van der Waals surface area contributed by atoms with Crippen LogP contribution in [0.4, 0.5) is 5.13 Å². The Kier molecular flexibility index (Phi) is 3.59. The van der Waals surface area contributed by atoms with Crippen molar-refractivity contribution in [3.05, 3.63) is 23.2 Å². The summed E-state index contributed by atoms with van der Waals surface area (Å²) in [5, 5.41) is 16.6. The lowest BCUT2D eigenvalue weighted by Crippen LogP contribution is -2.42. The van der Waals surface area contributed by atoms with Gasteiger partial charge in [-0.1, -0.05) is 32.9 Å². The third-order valence-corrected chi connectivity index (χ3v) is 5.29. The summed E-state index contributed by atoms with van der Waals surface area (Å²) in [5.74, 6) is -2.76. The van der Waals surface area contributed by atoms with Gasteiger partial charge in [0.05, 0.1) is 11.6 Å². The number of hydrogen-bond donors (Lipinski definition) is 1. The maximum Gasteiger partial charge on any atom is 0.230 e. The fraction of sp³-hybridized carbons (Fsp3) is 0.562. The maximum absolute atomic E-state index is 12.5. The number of amides is 1. The van der Waals surface area contributed by atoms with Crippen LogP contribution >= 0.6 is 11.3 Å². The van der Waals surface area contributed by atoms with Crippen LogP contribution in [0, 0.1) is 23.7 Å². The van der Waals surface area contributed by atoms with Crippen LogP contribution in [-0.4, -0.2) is 16.9 Å². The molecule has 2 bridgehead atoms. The van der Waals surface area contributed by atoms with E-state index in [0.717, 1.165) is 12.1 Å². The van der Waals surface area contributed by atoms with E-state index in [1.54, 1.807) is 0 Å². The minimum atomic E-state index is -1.13. The van der Waals surface area contributed by atoms with E-state index < -0.39 is 17.8 Å². The highest BCUT2D eigenvalue weighted by Crippen LogP contribution is 2.48. The molecule has 0 aliphatic heterocycles. The molecule has 2 aliphatic carbocycles. The second kappa shape index (κ2) is 5.19. The third kappa shape index (κ3) is 2.56. The van der Waals surface area contributed by atoms with Gasteiger partial charge in [0.15, 0.2) is 5.13 Å². The standard InChI is InChI=1S/C16H20N2O3S/c1-16(2,3)10-7-22-15(17-10)18-13(19)11-8-4-5-9(6-8)12(11)14(20)21/h4-5,7-9,11-12H,6H2,1-3H3,(H,20,21)(H,17,18,19)/p-1/t8-,9+,11-,12+/m1/s1. The van der Waals surface area contributed by atoms with Crippen LogP contribution in [0.15, 0.2) is 17.5 Å². The van der Waals surface area contributed by atoms with Crippen molar-refractivity contribution in [1.82, 2.24) is 4.98 Å². The Labute approximate surface area is 133 Å². The Morgan fingerprint density at radius 3 is 2.45 bits per heavy atom. The summed E-state index contributed by atoms with van der Waals surface area (Å²) >= 11 is 1.37. The molecule has 1 fully saturated rings. The summed E-state index contributed by atoms with van der Waals surface area (Å²) in [6, 6.07) is 0. The monoisotopic (exact) mass is 319 g/mol. The van der Waals surface area contributed by atoms with Crippen molar-refractivity contribution in [2.45, 2.75) is 32.6 Å². The number of nitrogens with zero attached hydrogens (tertiary/aromatic N) is 1. The molecule has 0 aromatic carbocycles. The molecule has 2 aliphatic rings. The average Bonchev–Trinajstić information content (AvgIpc) is 3.11. The molecule has 1 N–H and O–H groups in total. The number of carbonyl (C=O) groups is 2. The second-order valence-corrected chi connectivity index (χ2v) is 7.95. The Morgan fingerprint density at radius 2 is 1.91 bits per heavy atom. The largest absolute Gasteiger partial charge is 0.550 e. The van der Waals surface area contributed by atoms with Crippen LogP contribution in [0.2, 0.25) is 0 Å². The number of anilines is 1. The van der Waals surface area contributed by atoms with Crippen molar-refractivity contribution in [3.8, 4) is 0 Å². The van der Waals surface area contributed by atoms with Crippen molar-refractivity contribution in [3.63, 3.8) is 0 Å². The molecule has 118 valence electrons. The Balaban J connectivity index is 1.76. The molecule has 5 nitrogen and oxygen atoms in total. The lowest BCUT2D eigenvalue weighted by atomic mass is 9.82. The van der Waals surface area contributed by atoms with Gasteiger partial charge in [-0.25, -0.2) is 4.98 Å². The Morgan fingerprint density at radius 1 is 1.27 bits per heavy atom. The number of thiazole rings is 1. The molecule has 3 rings (SSSR count). The minimum absolute atomic E-state index is 0.00468. The van der Waals surface area contributed by atoms with Crippen LogP contribution in [0.5, 0.6) is 0 Å². The summed E-state index contributed by atoms with van der Waals surface area (Å²) in [5.41, 5.74) is 0.833. The van der Waals surface area contributed by atoms with Gasteiger partial charge in [0.2, 0.25) is 5.91 Å². The molecule has 0 radical (unpaired) electrons. The predicted molar refractivity (Wildman–Crippen MR) is 82.2 cm³/mol. The zero-order valence-corrected chi connectivity index (χ0v) is 13.6. The average molecular weight is 319 g/mol. The van der Waals surface area contributed by atoms with Crippen molar-refractivity contribution in [1.29, 1.82) is 0 Å². The molecule has 6 heteroatoms. The van der Waals surface area contributed by atoms with Gasteiger partial charge in [-0.05, 0) is 18.3 Å². The van der Waals surface area contributed by atoms with E-state index in [-0.39, 0.29) is 23.2 Å². The van der Waals surface area contributed by atoms with Gasteiger partial charge >= 0.3 is 0 Å². The number of hydrogen-bond acceptors (Lipinski definition) is 5. The first-order valence-corrected chi connectivity index (χ1v) is 8.31. The molecule has 0 saturated heterocycles. The summed E-state index contributed by atoms with van der Waals surface area (Å²) in [6.45, 7) is 6.17. The summed E-state index contributed by atoms with van der Waals surface area (Å²) < 4.78 is 0. The Bertz CT molecular complexity index is 644. The highest BCUT2D eigenvalue weighted by Gasteiger charge is 2.48. The first-order valence-electron chi connectivity index (χ1n) is 7.43. The van der Waals surface area contributed by atoms with Gasteiger partial charge in [0.1, 0.15) is 0 Å². The van der Waals surface area contributed by atoms with Crippen LogP contribution in [0.25, 0.3) is 0 Å². The second-order valence-electron chi connectivity index (χ2n) is 7.10. The van der Waals surface area contributed by atoms with E-state index in [9.17, 15) is 14.7 Å². The first kappa shape index (κ1) is 15.2. The van der Waals surface area contributed by atoms with Crippen LogP contribution in [-0.2, 0) is 15.0 Å².